The van der Waals surface area contributed by atoms with Crippen LogP contribution in [0.15, 0.2) is 12.8 Å². The summed E-state index contributed by atoms with van der Waals surface area (Å²) in [7, 11) is 0. The summed E-state index contributed by atoms with van der Waals surface area (Å²) in [5.41, 5.74) is 0.0822. The van der Waals surface area contributed by atoms with Crippen LogP contribution in [0.2, 0.25) is 0 Å². The smallest absolute Gasteiger partial charge is 0.227 e. The fraction of sp³-hybridized carbons (Fsp3) is 0.700. The third-order valence-electron chi connectivity index (χ3n) is 3.08. The molecule has 68 valence electrons. The Balaban J connectivity index is 2.88. The predicted molar refractivity (Wildman–Crippen MR) is 49.6 cm³/mol. The van der Waals surface area contributed by atoms with Crippen molar-refractivity contribution in [1.29, 1.82) is 0 Å². The molecule has 0 aliphatic carbocycles. The van der Waals surface area contributed by atoms with Gasteiger partial charge in [-0.15, -0.1) is 0 Å². The van der Waals surface area contributed by atoms with Crippen molar-refractivity contribution >= 4 is 5.91 Å². The summed E-state index contributed by atoms with van der Waals surface area (Å²) in [4.78, 5) is 13.2. The molecule has 1 rings (SSSR count). The number of carbonyl (C=O) groups is 1. The second-order valence-corrected chi connectivity index (χ2v) is 3.38. The zero-order chi connectivity index (χ0) is 9.19. The van der Waals surface area contributed by atoms with Crippen molar-refractivity contribution in [3.8, 4) is 0 Å². The maximum atomic E-state index is 11.4. The molecule has 1 fully saturated rings. The minimum absolute atomic E-state index is 0.0822. The molecule has 1 heterocycles. The van der Waals surface area contributed by atoms with Gasteiger partial charge in [0.15, 0.2) is 0 Å². The molecule has 0 spiro atoms. The molecule has 0 N–H and O–H groups in total. The molecule has 12 heavy (non-hydrogen) atoms. The lowest BCUT2D eigenvalue weighted by atomic mass is 9.90. The topological polar surface area (TPSA) is 20.3 Å². The number of rotatable bonds is 3. The molecule has 0 bridgehead atoms. The maximum absolute atomic E-state index is 11.4. The van der Waals surface area contributed by atoms with E-state index in [1.165, 1.54) is 0 Å². The molecule has 1 aliphatic heterocycles. The molecule has 0 saturated carbocycles. The van der Waals surface area contributed by atoms with Crippen LogP contribution in [-0.4, -0.2) is 16.3 Å². The van der Waals surface area contributed by atoms with Crippen LogP contribution >= 0.6 is 0 Å². The van der Waals surface area contributed by atoms with E-state index in [9.17, 15) is 4.79 Å². The first-order chi connectivity index (χ1) is 5.70. The molecule has 1 saturated heterocycles. The fourth-order valence-electron chi connectivity index (χ4n) is 2.08. The van der Waals surface area contributed by atoms with Gasteiger partial charge in [-0.05, 0) is 19.3 Å². The lowest BCUT2D eigenvalue weighted by molar-refractivity contribution is -0.128. The molecule has 0 atom stereocenters. The van der Waals surface area contributed by atoms with Crippen molar-refractivity contribution in [2.75, 3.05) is 0 Å². The Bertz CT molecular complexity index is 194. The van der Waals surface area contributed by atoms with Gasteiger partial charge >= 0.3 is 0 Å². The molecule has 0 aromatic carbocycles. The highest BCUT2D eigenvalue weighted by Crippen LogP contribution is 2.35. The van der Waals surface area contributed by atoms with Crippen molar-refractivity contribution in [3.63, 3.8) is 0 Å². The number of nitrogens with zero attached hydrogens (tertiary/aromatic N) is 1. The largest absolute Gasteiger partial charge is 0.314 e. The van der Waals surface area contributed by atoms with Crippen molar-refractivity contribution in [1.82, 2.24) is 4.90 Å². The molecular weight excluding hydrogens is 150 g/mol. The molecule has 2 heteroatoms. The third-order valence-corrected chi connectivity index (χ3v) is 3.08. The lowest BCUT2D eigenvalue weighted by Crippen LogP contribution is -2.40. The van der Waals surface area contributed by atoms with Gasteiger partial charge in [0.25, 0.3) is 0 Å². The number of carbonyl (C=O) groups excluding carboxylic acids is 1. The van der Waals surface area contributed by atoms with Gasteiger partial charge in [-0.3, -0.25) is 4.79 Å². The minimum Gasteiger partial charge on any atom is -0.314 e. The van der Waals surface area contributed by atoms with E-state index >= 15 is 0 Å². The summed E-state index contributed by atoms with van der Waals surface area (Å²) in [6.07, 6.45) is 5.42. The second-order valence-electron chi connectivity index (χ2n) is 3.38. The number of hydrogen-bond donors (Lipinski definition) is 0. The number of hydrogen-bond acceptors (Lipinski definition) is 1. The average molecular weight is 167 g/mol. The average Bonchev–Trinajstić information content (AvgIpc) is 2.43. The number of likely N-dealkylation sites (tertiary alicyclic amines) is 1. The van der Waals surface area contributed by atoms with Crippen LogP contribution in [0.3, 0.4) is 0 Å². The van der Waals surface area contributed by atoms with Crippen LogP contribution in [0.25, 0.3) is 0 Å². The Kier molecular flexibility index (Phi) is 2.55. The Labute approximate surface area is 74.2 Å². The highest BCUT2D eigenvalue weighted by molar-refractivity contribution is 5.80. The molecule has 2 nitrogen and oxygen atoms in total. The van der Waals surface area contributed by atoms with Crippen molar-refractivity contribution in [2.24, 2.45) is 0 Å². The molecule has 0 aromatic heterocycles. The monoisotopic (exact) mass is 167 g/mol. The van der Waals surface area contributed by atoms with Crippen molar-refractivity contribution in [3.05, 3.63) is 12.8 Å². The summed E-state index contributed by atoms with van der Waals surface area (Å²) in [5, 5.41) is 0. The summed E-state index contributed by atoms with van der Waals surface area (Å²) in [6, 6.07) is 0. The van der Waals surface area contributed by atoms with Crippen LogP contribution in [-0.2, 0) is 4.79 Å². The summed E-state index contributed by atoms with van der Waals surface area (Å²) in [6.45, 7) is 7.96. The van der Waals surface area contributed by atoms with E-state index in [0.717, 1.165) is 19.3 Å². The van der Waals surface area contributed by atoms with Gasteiger partial charge in [-0.25, -0.2) is 0 Å². The van der Waals surface area contributed by atoms with Crippen molar-refractivity contribution in [2.45, 2.75) is 45.1 Å². The SMILES string of the molecule is C=CN1C(=O)CCC1(CC)CC. The van der Waals surface area contributed by atoms with E-state index in [2.05, 4.69) is 20.4 Å². The Morgan fingerprint density at radius 2 is 2.17 bits per heavy atom. The number of amides is 1. The van der Waals surface area contributed by atoms with Gasteiger partial charge in [-0.1, -0.05) is 20.4 Å². The Morgan fingerprint density at radius 3 is 2.50 bits per heavy atom. The van der Waals surface area contributed by atoms with E-state index in [1.54, 1.807) is 6.20 Å². The minimum atomic E-state index is 0.0822. The normalized spacial score (nSPS) is 21.5. The van der Waals surface area contributed by atoms with E-state index in [4.69, 9.17) is 0 Å². The Hall–Kier alpha value is -0.790. The summed E-state index contributed by atoms with van der Waals surface area (Å²) >= 11 is 0. The first-order valence-electron chi connectivity index (χ1n) is 4.65. The van der Waals surface area contributed by atoms with E-state index in [-0.39, 0.29) is 11.4 Å². The highest BCUT2D eigenvalue weighted by Gasteiger charge is 2.40. The van der Waals surface area contributed by atoms with Crippen LogP contribution < -0.4 is 0 Å². The highest BCUT2D eigenvalue weighted by atomic mass is 16.2. The van der Waals surface area contributed by atoms with Gasteiger partial charge in [0.1, 0.15) is 0 Å². The second kappa shape index (κ2) is 3.30. The van der Waals surface area contributed by atoms with Gasteiger partial charge in [-0.2, -0.15) is 0 Å². The first kappa shape index (κ1) is 9.30. The molecule has 0 unspecified atom stereocenters. The van der Waals surface area contributed by atoms with Gasteiger partial charge in [0.2, 0.25) is 5.91 Å². The zero-order valence-corrected chi connectivity index (χ0v) is 7.97. The third kappa shape index (κ3) is 1.15. The van der Waals surface area contributed by atoms with Crippen molar-refractivity contribution < 1.29 is 4.79 Å². The predicted octanol–water partition coefficient (Wildman–Crippen LogP) is 2.31. The first-order valence-corrected chi connectivity index (χ1v) is 4.65. The van der Waals surface area contributed by atoms with Gasteiger partial charge in [0.05, 0.1) is 0 Å². The van der Waals surface area contributed by atoms with Crippen LogP contribution in [0.5, 0.6) is 0 Å². The van der Waals surface area contributed by atoms with Gasteiger partial charge in [0, 0.05) is 18.2 Å². The molecule has 0 aromatic rings. The van der Waals surface area contributed by atoms with E-state index in [0.29, 0.717) is 6.42 Å². The fourth-order valence-corrected chi connectivity index (χ4v) is 2.08. The summed E-state index contributed by atoms with van der Waals surface area (Å²) < 4.78 is 0. The molecular formula is C10H17NO. The molecule has 1 amide bonds. The Morgan fingerprint density at radius 1 is 1.58 bits per heavy atom. The standard InChI is InChI=1S/C10H17NO/c1-4-10(5-2)8-7-9(12)11(10)6-3/h6H,3-5,7-8H2,1-2H3. The lowest BCUT2D eigenvalue weighted by Gasteiger charge is -2.34. The van der Waals surface area contributed by atoms with Crippen LogP contribution in [0.1, 0.15) is 39.5 Å². The summed E-state index contributed by atoms with van der Waals surface area (Å²) in [5.74, 6) is 0.230. The molecule has 0 radical (unpaired) electrons. The van der Waals surface area contributed by atoms with Crippen LogP contribution in [0, 0.1) is 0 Å². The zero-order valence-electron chi connectivity index (χ0n) is 7.97. The van der Waals surface area contributed by atoms with Crippen LogP contribution in [0.4, 0.5) is 0 Å². The van der Waals surface area contributed by atoms with Gasteiger partial charge < -0.3 is 4.90 Å². The van der Waals surface area contributed by atoms with E-state index in [1.807, 2.05) is 4.90 Å². The maximum Gasteiger partial charge on any atom is 0.227 e. The quantitative estimate of drug-likeness (QED) is 0.631. The van der Waals surface area contributed by atoms with E-state index < -0.39 is 0 Å². The molecule has 1 aliphatic rings.